The summed E-state index contributed by atoms with van der Waals surface area (Å²) in [6, 6.07) is 5.28. The Balaban J connectivity index is 2.78. The summed E-state index contributed by atoms with van der Waals surface area (Å²) in [4.78, 5) is 18.5. The third-order valence-corrected chi connectivity index (χ3v) is 2.76. The maximum Gasteiger partial charge on any atom is 0.316 e. The Hall–Kier alpha value is -3.08. The zero-order valence-electron chi connectivity index (χ0n) is 11.2. The molecular formula is C13H10FN5O2. The Morgan fingerprint density at radius 2 is 2.10 bits per heavy atom. The van der Waals surface area contributed by atoms with Crippen molar-refractivity contribution in [1.82, 2.24) is 9.97 Å². The third kappa shape index (κ3) is 2.76. The Morgan fingerprint density at radius 3 is 2.67 bits per heavy atom. The quantitative estimate of drug-likeness (QED) is 0.686. The highest BCUT2D eigenvalue weighted by Crippen LogP contribution is 2.32. The lowest BCUT2D eigenvalue weighted by atomic mass is 10.1. The van der Waals surface area contributed by atoms with Gasteiger partial charge in [-0.1, -0.05) is 0 Å². The smallest absolute Gasteiger partial charge is 0.316 e. The van der Waals surface area contributed by atoms with Crippen LogP contribution in [-0.2, 0) is 0 Å². The summed E-state index contributed by atoms with van der Waals surface area (Å²) in [7, 11) is 1.57. The summed E-state index contributed by atoms with van der Waals surface area (Å²) in [5.41, 5.74) is 0.00952. The zero-order valence-corrected chi connectivity index (χ0v) is 11.2. The van der Waals surface area contributed by atoms with E-state index in [0.29, 0.717) is 0 Å². The molecule has 0 aliphatic rings. The molecule has 8 heteroatoms. The van der Waals surface area contributed by atoms with Gasteiger partial charge in [-0.05, 0) is 25.1 Å². The number of aromatic nitrogens is 2. The molecule has 2 aromatic rings. The molecule has 0 saturated heterocycles. The van der Waals surface area contributed by atoms with Gasteiger partial charge in [0.2, 0.25) is 5.95 Å². The second kappa shape index (κ2) is 5.50. The maximum atomic E-state index is 13.5. The van der Waals surface area contributed by atoms with E-state index in [2.05, 4.69) is 15.3 Å². The van der Waals surface area contributed by atoms with Crippen LogP contribution in [0.25, 0.3) is 11.3 Å². The highest BCUT2D eigenvalue weighted by molar-refractivity contribution is 5.73. The van der Waals surface area contributed by atoms with Gasteiger partial charge in [0, 0.05) is 12.6 Å². The predicted octanol–water partition coefficient (Wildman–Crippen LogP) is 2.41. The molecule has 0 bridgehead atoms. The molecule has 0 unspecified atom stereocenters. The van der Waals surface area contributed by atoms with Gasteiger partial charge in [0.1, 0.15) is 11.5 Å². The number of nitrogens with one attached hydrogen (secondary N) is 1. The molecule has 0 atom stereocenters. The van der Waals surface area contributed by atoms with Crippen LogP contribution in [0.1, 0.15) is 11.3 Å². The molecule has 1 heterocycles. The van der Waals surface area contributed by atoms with Crippen LogP contribution in [0.4, 0.5) is 16.0 Å². The van der Waals surface area contributed by atoms with Gasteiger partial charge in [-0.25, -0.2) is 14.4 Å². The van der Waals surface area contributed by atoms with Gasteiger partial charge >= 0.3 is 5.69 Å². The van der Waals surface area contributed by atoms with Crippen LogP contribution >= 0.6 is 0 Å². The molecule has 0 saturated carbocycles. The molecule has 1 aromatic carbocycles. The van der Waals surface area contributed by atoms with Crippen molar-refractivity contribution in [2.75, 3.05) is 12.4 Å². The van der Waals surface area contributed by atoms with Crippen LogP contribution in [0.2, 0.25) is 0 Å². The van der Waals surface area contributed by atoms with E-state index in [1.165, 1.54) is 13.0 Å². The summed E-state index contributed by atoms with van der Waals surface area (Å²) in [5.74, 6) is -0.489. The van der Waals surface area contributed by atoms with E-state index in [0.717, 1.165) is 12.1 Å². The van der Waals surface area contributed by atoms with Crippen LogP contribution in [0.3, 0.4) is 0 Å². The molecule has 21 heavy (non-hydrogen) atoms. The van der Waals surface area contributed by atoms with E-state index in [1.54, 1.807) is 13.1 Å². The topological polar surface area (TPSA) is 105 Å². The van der Waals surface area contributed by atoms with Crippen LogP contribution < -0.4 is 5.32 Å². The van der Waals surface area contributed by atoms with Crippen molar-refractivity contribution >= 4 is 11.6 Å². The average Bonchev–Trinajstić information content (AvgIpc) is 2.45. The minimum Gasteiger partial charge on any atom is -0.357 e. The second-order valence-corrected chi connectivity index (χ2v) is 4.18. The van der Waals surface area contributed by atoms with Crippen LogP contribution in [0.5, 0.6) is 0 Å². The SMILES string of the molecule is CNc1nc(C)c([N+](=O)[O-])c(-c2cc(F)cc(C#N)c2)n1. The predicted molar refractivity (Wildman–Crippen MR) is 73.1 cm³/mol. The number of aryl methyl sites for hydroxylation is 1. The number of nitriles is 1. The first-order valence-electron chi connectivity index (χ1n) is 5.88. The van der Waals surface area contributed by atoms with Crippen molar-refractivity contribution in [2.45, 2.75) is 6.92 Å². The molecule has 0 amide bonds. The van der Waals surface area contributed by atoms with Gasteiger partial charge < -0.3 is 5.32 Å². The number of benzene rings is 1. The second-order valence-electron chi connectivity index (χ2n) is 4.18. The molecule has 106 valence electrons. The first-order valence-corrected chi connectivity index (χ1v) is 5.88. The monoisotopic (exact) mass is 287 g/mol. The maximum absolute atomic E-state index is 13.5. The van der Waals surface area contributed by atoms with E-state index >= 15 is 0 Å². The number of halogens is 1. The van der Waals surface area contributed by atoms with Crippen LogP contribution in [-0.4, -0.2) is 21.9 Å². The average molecular weight is 287 g/mol. The van der Waals surface area contributed by atoms with Crippen molar-refractivity contribution in [3.63, 3.8) is 0 Å². The number of hydrogen-bond donors (Lipinski definition) is 1. The number of nitrogens with zero attached hydrogens (tertiary/aromatic N) is 4. The molecular weight excluding hydrogens is 277 g/mol. The zero-order chi connectivity index (χ0) is 15.6. The van der Waals surface area contributed by atoms with E-state index in [9.17, 15) is 14.5 Å². The number of hydrogen-bond acceptors (Lipinski definition) is 6. The van der Waals surface area contributed by atoms with E-state index < -0.39 is 10.7 Å². The Labute approximate surface area is 119 Å². The van der Waals surface area contributed by atoms with Gasteiger partial charge in [-0.3, -0.25) is 10.1 Å². The van der Waals surface area contributed by atoms with E-state index in [1.807, 2.05) is 0 Å². The molecule has 0 fully saturated rings. The van der Waals surface area contributed by atoms with Crippen LogP contribution in [0, 0.1) is 34.2 Å². The highest BCUT2D eigenvalue weighted by atomic mass is 19.1. The lowest BCUT2D eigenvalue weighted by Crippen LogP contribution is -2.05. The first kappa shape index (κ1) is 14.3. The van der Waals surface area contributed by atoms with Gasteiger partial charge in [-0.15, -0.1) is 0 Å². The summed E-state index contributed by atoms with van der Waals surface area (Å²) < 4.78 is 13.5. The fraction of sp³-hybridized carbons (Fsp3) is 0.154. The minimum absolute atomic E-state index is 0.0344. The molecule has 0 radical (unpaired) electrons. The van der Waals surface area contributed by atoms with Gasteiger partial charge in [0.05, 0.1) is 16.6 Å². The Morgan fingerprint density at radius 1 is 1.38 bits per heavy atom. The summed E-state index contributed by atoms with van der Waals surface area (Å²) in [5, 5.41) is 22.8. The third-order valence-electron chi connectivity index (χ3n) is 2.76. The van der Waals surface area contributed by atoms with Crippen molar-refractivity contribution < 1.29 is 9.31 Å². The fourth-order valence-corrected chi connectivity index (χ4v) is 1.89. The number of nitro groups is 1. The highest BCUT2D eigenvalue weighted by Gasteiger charge is 2.23. The largest absolute Gasteiger partial charge is 0.357 e. The lowest BCUT2D eigenvalue weighted by Gasteiger charge is -2.08. The summed E-state index contributed by atoms with van der Waals surface area (Å²) in [6.45, 7) is 1.47. The molecule has 0 spiro atoms. The van der Waals surface area contributed by atoms with Crippen molar-refractivity contribution in [3.05, 3.63) is 45.4 Å². The van der Waals surface area contributed by atoms with Crippen molar-refractivity contribution in [3.8, 4) is 17.3 Å². The number of anilines is 1. The molecule has 1 N–H and O–H groups in total. The first-order chi connectivity index (χ1) is 9.96. The molecule has 7 nitrogen and oxygen atoms in total. The Bertz CT molecular complexity index is 770. The van der Waals surface area contributed by atoms with Crippen molar-refractivity contribution in [2.24, 2.45) is 0 Å². The van der Waals surface area contributed by atoms with Gasteiger partial charge in [0.15, 0.2) is 5.69 Å². The molecule has 0 aliphatic heterocycles. The molecule has 2 rings (SSSR count). The van der Waals surface area contributed by atoms with Gasteiger partial charge in [0.25, 0.3) is 0 Å². The minimum atomic E-state index is -0.666. The van der Waals surface area contributed by atoms with E-state index in [4.69, 9.17) is 5.26 Å². The van der Waals surface area contributed by atoms with E-state index in [-0.39, 0.29) is 34.2 Å². The summed E-state index contributed by atoms with van der Waals surface area (Å²) >= 11 is 0. The lowest BCUT2D eigenvalue weighted by molar-refractivity contribution is -0.385. The molecule has 1 aromatic heterocycles. The molecule has 0 aliphatic carbocycles. The fourth-order valence-electron chi connectivity index (χ4n) is 1.89. The number of rotatable bonds is 3. The van der Waals surface area contributed by atoms with Crippen molar-refractivity contribution in [1.29, 1.82) is 5.26 Å². The standard InChI is InChI=1S/C13H10FN5O2/c1-7-12(19(20)21)11(18-13(16-2)17-7)9-3-8(6-15)4-10(14)5-9/h3-5H,1-2H3,(H,16,17,18). The Kier molecular flexibility index (Phi) is 3.75. The summed E-state index contributed by atoms with van der Waals surface area (Å²) in [6.07, 6.45) is 0. The van der Waals surface area contributed by atoms with Crippen LogP contribution in [0.15, 0.2) is 18.2 Å². The van der Waals surface area contributed by atoms with Gasteiger partial charge in [-0.2, -0.15) is 5.26 Å². The normalized spacial score (nSPS) is 10.0.